The molecule has 0 spiro atoms. The van der Waals surface area contributed by atoms with Crippen LogP contribution in [0.25, 0.3) is 11.3 Å². The highest BCUT2D eigenvalue weighted by molar-refractivity contribution is 7.09. The largest absolute Gasteiger partial charge is 0.322 e. The number of halogens is 1. The number of anilines is 1. The van der Waals surface area contributed by atoms with Gasteiger partial charge in [-0.3, -0.25) is 9.48 Å². The van der Waals surface area contributed by atoms with Crippen molar-refractivity contribution < 1.29 is 4.79 Å². The van der Waals surface area contributed by atoms with E-state index in [-0.39, 0.29) is 11.9 Å². The van der Waals surface area contributed by atoms with Crippen molar-refractivity contribution in [1.29, 1.82) is 0 Å². The lowest BCUT2D eigenvalue weighted by molar-refractivity contribution is 0.102. The Kier molecular flexibility index (Phi) is 5.74. The summed E-state index contributed by atoms with van der Waals surface area (Å²) in [5, 5.41) is 10.9. The van der Waals surface area contributed by atoms with Crippen molar-refractivity contribution in [2.45, 2.75) is 19.4 Å². The number of carbonyl (C=O) groups excluding carboxylic acids is 1. The van der Waals surface area contributed by atoms with E-state index in [0.29, 0.717) is 10.6 Å². The number of amides is 1. The number of hydrogen-bond donors (Lipinski definition) is 1. The monoisotopic (exact) mass is 422 g/mol. The fraction of sp³-hybridized carbons (Fsp3) is 0.136. The van der Waals surface area contributed by atoms with Crippen LogP contribution in [0.15, 0.2) is 72.4 Å². The van der Waals surface area contributed by atoms with Gasteiger partial charge in [-0.25, -0.2) is 4.98 Å². The van der Waals surface area contributed by atoms with Crippen LogP contribution < -0.4 is 5.32 Å². The van der Waals surface area contributed by atoms with Gasteiger partial charge >= 0.3 is 0 Å². The van der Waals surface area contributed by atoms with Crippen LogP contribution in [-0.2, 0) is 6.42 Å². The molecule has 1 unspecified atom stereocenters. The highest BCUT2D eigenvalue weighted by Gasteiger charge is 2.12. The number of benzene rings is 2. The van der Waals surface area contributed by atoms with Crippen LogP contribution in [0.2, 0.25) is 5.02 Å². The lowest BCUT2D eigenvalue weighted by atomic mass is 10.1. The third-order valence-corrected chi connectivity index (χ3v) is 5.58. The van der Waals surface area contributed by atoms with Crippen LogP contribution in [0.4, 0.5) is 5.69 Å². The Morgan fingerprint density at radius 3 is 2.62 bits per heavy atom. The minimum Gasteiger partial charge on any atom is -0.322 e. The molecule has 0 saturated heterocycles. The second-order valence-electron chi connectivity index (χ2n) is 6.72. The molecule has 29 heavy (non-hydrogen) atoms. The van der Waals surface area contributed by atoms with Crippen molar-refractivity contribution in [2.24, 2.45) is 0 Å². The Balaban J connectivity index is 1.41. The molecular weight excluding hydrogens is 404 g/mol. The zero-order valence-corrected chi connectivity index (χ0v) is 17.3. The summed E-state index contributed by atoms with van der Waals surface area (Å²) < 4.78 is 1.85. The van der Waals surface area contributed by atoms with Gasteiger partial charge in [0.25, 0.3) is 5.91 Å². The molecule has 0 radical (unpaired) electrons. The molecule has 1 atom stereocenters. The van der Waals surface area contributed by atoms with Gasteiger partial charge in [-0.15, -0.1) is 11.3 Å². The predicted octanol–water partition coefficient (Wildman–Crippen LogP) is 5.72. The van der Waals surface area contributed by atoms with Crippen molar-refractivity contribution in [3.8, 4) is 11.3 Å². The predicted molar refractivity (Wildman–Crippen MR) is 118 cm³/mol. The van der Waals surface area contributed by atoms with Gasteiger partial charge in [-0.05, 0) is 31.2 Å². The Bertz CT molecular complexity index is 1110. The molecule has 5 nitrogen and oxygen atoms in total. The van der Waals surface area contributed by atoms with Gasteiger partial charge in [0.15, 0.2) is 0 Å². The zero-order chi connectivity index (χ0) is 20.2. The first-order valence-corrected chi connectivity index (χ1v) is 10.4. The average Bonchev–Trinajstić information content (AvgIpc) is 3.38. The van der Waals surface area contributed by atoms with Gasteiger partial charge in [0.2, 0.25) is 0 Å². The van der Waals surface area contributed by atoms with E-state index in [2.05, 4.69) is 22.7 Å². The summed E-state index contributed by atoms with van der Waals surface area (Å²) in [6.45, 7) is 2.09. The summed E-state index contributed by atoms with van der Waals surface area (Å²) in [6, 6.07) is 17.1. The van der Waals surface area contributed by atoms with E-state index in [4.69, 9.17) is 16.6 Å². The number of nitrogens with one attached hydrogen (secondary N) is 1. The molecule has 0 aliphatic rings. The maximum absolute atomic E-state index is 12.3. The number of thiazole rings is 1. The number of rotatable bonds is 6. The number of carbonyl (C=O) groups is 1. The lowest BCUT2D eigenvalue weighted by Crippen LogP contribution is -2.11. The van der Waals surface area contributed by atoms with Gasteiger partial charge in [-0.2, -0.15) is 5.10 Å². The summed E-state index contributed by atoms with van der Waals surface area (Å²) in [4.78, 5) is 17.0. The van der Waals surface area contributed by atoms with Gasteiger partial charge in [0.1, 0.15) is 0 Å². The lowest BCUT2D eigenvalue weighted by Gasteiger charge is -2.09. The molecule has 0 fully saturated rings. The summed E-state index contributed by atoms with van der Waals surface area (Å²) in [6.07, 6.45) is 4.25. The van der Waals surface area contributed by atoms with Gasteiger partial charge in [0, 0.05) is 34.8 Å². The first-order chi connectivity index (χ1) is 14.1. The molecule has 1 amide bonds. The Morgan fingerprint density at radius 1 is 1.17 bits per heavy atom. The van der Waals surface area contributed by atoms with Crippen LogP contribution in [0.3, 0.4) is 0 Å². The number of hydrogen-bond acceptors (Lipinski definition) is 4. The molecule has 2 aromatic carbocycles. The smallest absolute Gasteiger partial charge is 0.255 e. The standard InChI is InChI=1S/C22H19ClN4OS/c1-15(27-13-18(23)12-24-27)11-21-26-20(14-29-21)16-7-9-19(10-8-16)25-22(28)17-5-3-2-4-6-17/h2-10,12-15H,11H2,1H3,(H,25,28). The van der Waals surface area contributed by atoms with Crippen LogP contribution in [0.1, 0.15) is 28.3 Å². The van der Waals surface area contributed by atoms with Crippen LogP contribution >= 0.6 is 22.9 Å². The molecule has 0 aliphatic carbocycles. The summed E-state index contributed by atoms with van der Waals surface area (Å²) in [5.74, 6) is -0.123. The molecule has 4 aromatic rings. The molecule has 2 aromatic heterocycles. The Hall–Kier alpha value is -2.96. The van der Waals surface area contributed by atoms with Gasteiger partial charge in [0.05, 0.1) is 28.0 Å². The molecule has 2 heterocycles. The van der Waals surface area contributed by atoms with E-state index in [1.807, 2.05) is 53.3 Å². The molecule has 7 heteroatoms. The molecule has 0 aliphatic heterocycles. The van der Waals surface area contributed by atoms with Crippen molar-refractivity contribution in [3.63, 3.8) is 0 Å². The summed E-state index contributed by atoms with van der Waals surface area (Å²) in [5.41, 5.74) is 3.33. The van der Waals surface area contributed by atoms with Crippen molar-refractivity contribution in [3.05, 3.63) is 88.0 Å². The minimum absolute atomic E-state index is 0.123. The second-order valence-corrected chi connectivity index (χ2v) is 8.09. The number of aromatic nitrogens is 3. The number of nitrogens with zero attached hydrogens (tertiary/aromatic N) is 3. The quantitative estimate of drug-likeness (QED) is 0.432. The van der Waals surface area contributed by atoms with Crippen LogP contribution in [0, 0.1) is 0 Å². The molecule has 0 bridgehead atoms. The second kappa shape index (κ2) is 8.59. The first-order valence-electron chi connectivity index (χ1n) is 9.19. The molecular formula is C22H19ClN4OS. The Labute approximate surface area is 178 Å². The SMILES string of the molecule is CC(Cc1nc(-c2ccc(NC(=O)c3ccccc3)cc2)cs1)n1cc(Cl)cn1. The van der Waals surface area contributed by atoms with Crippen molar-refractivity contribution >= 4 is 34.5 Å². The van der Waals surface area contributed by atoms with E-state index in [1.54, 1.807) is 29.7 Å². The normalized spacial score (nSPS) is 11.9. The van der Waals surface area contributed by atoms with Crippen LogP contribution in [0.5, 0.6) is 0 Å². The highest BCUT2D eigenvalue weighted by Crippen LogP contribution is 2.26. The average molecular weight is 423 g/mol. The molecule has 146 valence electrons. The maximum Gasteiger partial charge on any atom is 0.255 e. The Morgan fingerprint density at radius 2 is 1.93 bits per heavy atom. The maximum atomic E-state index is 12.3. The fourth-order valence-corrected chi connectivity index (χ4v) is 4.03. The molecule has 0 saturated carbocycles. The molecule has 4 rings (SSSR count). The molecule has 1 N–H and O–H groups in total. The first kappa shape index (κ1) is 19.4. The van der Waals surface area contributed by atoms with Gasteiger partial charge < -0.3 is 5.32 Å². The van der Waals surface area contributed by atoms with Gasteiger partial charge in [-0.1, -0.05) is 41.9 Å². The third kappa shape index (κ3) is 4.72. The summed E-state index contributed by atoms with van der Waals surface area (Å²) >= 11 is 7.58. The van der Waals surface area contributed by atoms with Crippen molar-refractivity contribution in [1.82, 2.24) is 14.8 Å². The van der Waals surface area contributed by atoms with E-state index < -0.39 is 0 Å². The topological polar surface area (TPSA) is 59.8 Å². The summed E-state index contributed by atoms with van der Waals surface area (Å²) in [7, 11) is 0. The van der Waals surface area contributed by atoms with Crippen molar-refractivity contribution in [2.75, 3.05) is 5.32 Å². The highest BCUT2D eigenvalue weighted by atomic mass is 35.5. The third-order valence-electron chi connectivity index (χ3n) is 4.52. The van der Waals surface area contributed by atoms with E-state index >= 15 is 0 Å². The fourth-order valence-electron chi connectivity index (χ4n) is 2.96. The zero-order valence-electron chi connectivity index (χ0n) is 15.7. The van der Waals surface area contributed by atoms with E-state index in [0.717, 1.165) is 28.4 Å². The van der Waals surface area contributed by atoms with E-state index in [9.17, 15) is 4.79 Å². The van der Waals surface area contributed by atoms with Crippen LogP contribution in [-0.4, -0.2) is 20.7 Å². The van der Waals surface area contributed by atoms with E-state index in [1.165, 1.54) is 0 Å². The minimum atomic E-state index is -0.123.